The van der Waals surface area contributed by atoms with E-state index in [1.54, 1.807) is 31.4 Å². The highest BCUT2D eigenvalue weighted by atomic mass is 32.2. The monoisotopic (exact) mass is 453 g/mol. The molecule has 0 aromatic heterocycles. The van der Waals surface area contributed by atoms with Crippen LogP contribution in [0.15, 0.2) is 58.5 Å². The van der Waals surface area contributed by atoms with E-state index < -0.39 is 10.0 Å². The summed E-state index contributed by atoms with van der Waals surface area (Å²) in [6.45, 7) is 3.71. The summed E-state index contributed by atoms with van der Waals surface area (Å²) in [5, 5.41) is 4.23. The molecule has 8 heteroatoms. The zero-order valence-electron chi connectivity index (χ0n) is 18.5. The van der Waals surface area contributed by atoms with Crippen LogP contribution in [0.3, 0.4) is 0 Å². The van der Waals surface area contributed by atoms with Crippen LogP contribution in [0.2, 0.25) is 0 Å². The van der Waals surface area contributed by atoms with Crippen molar-refractivity contribution >= 4 is 15.7 Å². The van der Waals surface area contributed by atoms with Gasteiger partial charge in [0.25, 0.3) is 10.0 Å². The largest absolute Gasteiger partial charge is 0.493 e. The SMILES string of the molecule is COc1ccc2c3c1OC1CC(=NNS(=O)(=O)c4ccc(C)cc4)C=CC31CCN(C)C2. The highest BCUT2D eigenvalue weighted by molar-refractivity contribution is 7.89. The summed E-state index contributed by atoms with van der Waals surface area (Å²) in [4.78, 5) is 4.89. The molecule has 0 radical (unpaired) electrons. The number of benzene rings is 2. The minimum atomic E-state index is -3.73. The fourth-order valence-corrected chi connectivity index (χ4v) is 5.77. The number of aryl methyl sites for hydroxylation is 1. The van der Waals surface area contributed by atoms with Crippen molar-refractivity contribution < 1.29 is 17.9 Å². The first-order valence-corrected chi connectivity index (χ1v) is 12.2. The van der Waals surface area contributed by atoms with Gasteiger partial charge >= 0.3 is 0 Å². The van der Waals surface area contributed by atoms with Crippen molar-refractivity contribution in [3.05, 3.63) is 65.2 Å². The summed E-state index contributed by atoms with van der Waals surface area (Å²) < 4.78 is 37.3. The Labute approximate surface area is 188 Å². The average molecular weight is 454 g/mol. The summed E-state index contributed by atoms with van der Waals surface area (Å²) in [6, 6.07) is 10.8. The third-order valence-electron chi connectivity index (χ3n) is 6.68. The van der Waals surface area contributed by atoms with Crippen molar-refractivity contribution in [3.63, 3.8) is 0 Å². The predicted octanol–water partition coefficient (Wildman–Crippen LogP) is 3.13. The molecule has 0 bridgehead atoms. The van der Waals surface area contributed by atoms with E-state index in [9.17, 15) is 8.42 Å². The van der Waals surface area contributed by atoms with E-state index in [1.807, 2.05) is 19.1 Å². The number of nitrogens with zero attached hydrogens (tertiary/aromatic N) is 2. The van der Waals surface area contributed by atoms with Crippen molar-refractivity contribution in [1.29, 1.82) is 0 Å². The minimum Gasteiger partial charge on any atom is -0.493 e. The average Bonchev–Trinajstić information content (AvgIpc) is 3.04. The topological polar surface area (TPSA) is 80.2 Å². The Morgan fingerprint density at radius 2 is 2.00 bits per heavy atom. The van der Waals surface area contributed by atoms with Crippen LogP contribution in [-0.2, 0) is 22.0 Å². The third-order valence-corrected chi connectivity index (χ3v) is 7.91. The van der Waals surface area contributed by atoms with Crippen LogP contribution in [0.1, 0.15) is 29.5 Å². The molecule has 1 N–H and O–H groups in total. The van der Waals surface area contributed by atoms with E-state index in [2.05, 4.69) is 34.0 Å². The van der Waals surface area contributed by atoms with E-state index in [-0.39, 0.29) is 16.4 Å². The van der Waals surface area contributed by atoms with Gasteiger partial charge in [-0.25, -0.2) is 0 Å². The maximum atomic E-state index is 12.6. The van der Waals surface area contributed by atoms with Crippen molar-refractivity contribution in [2.24, 2.45) is 5.10 Å². The zero-order chi connectivity index (χ0) is 22.5. The Bertz CT molecular complexity index is 1220. The number of sulfonamides is 1. The Balaban J connectivity index is 1.47. The highest BCUT2D eigenvalue weighted by Gasteiger charge is 2.52. The molecule has 3 aliphatic rings. The molecule has 2 aliphatic heterocycles. The molecule has 2 heterocycles. The van der Waals surface area contributed by atoms with E-state index in [1.165, 1.54) is 11.1 Å². The van der Waals surface area contributed by atoms with Crippen LogP contribution in [0, 0.1) is 6.92 Å². The number of hydrazone groups is 1. The number of hydrogen-bond acceptors (Lipinski definition) is 6. The van der Waals surface area contributed by atoms with Gasteiger partial charge in [0.1, 0.15) is 6.10 Å². The smallest absolute Gasteiger partial charge is 0.276 e. The lowest BCUT2D eigenvalue weighted by molar-refractivity contribution is 0.158. The van der Waals surface area contributed by atoms with Gasteiger partial charge in [-0.15, -0.1) is 0 Å². The maximum absolute atomic E-state index is 12.6. The second-order valence-electron chi connectivity index (χ2n) is 8.81. The lowest BCUT2D eigenvalue weighted by Gasteiger charge is -2.34. The van der Waals surface area contributed by atoms with Gasteiger partial charge in [-0.05, 0) is 56.8 Å². The first-order valence-electron chi connectivity index (χ1n) is 10.7. The molecule has 0 amide bonds. The van der Waals surface area contributed by atoms with E-state index >= 15 is 0 Å². The van der Waals surface area contributed by atoms with E-state index in [0.29, 0.717) is 12.1 Å². The lowest BCUT2D eigenvalue weighted by atomic mass is 9.69. The van der Waals surface area contributed by atoms with Gasteiger partial charge in [-0.1, -0.05) is 29.8 Å². The molecule has 2 aromatic carbocycles. The normalized spacial score (nSPS) is 25.6. The molecule has 0 fully saturated rings. The highest BCUT2D eigenvalue weighted by Crippen LogP contribution is 2.55. The zero-order valence-corrected chi connectivity index (χ0v) is 19.3. The van der Waals surface area contributed by atoms with Gasteiger partial charge in [-0.2, -0.15) is 18.4 Å². The first-order chi connectivity index (χ1) is 15.3. The summed E-state index contributed by atoms with van der Waals surface area (Å²) in [5.41, 5.74) is 3.81. The second-order valence-corrected chi connectivity index (χ2v) is 10.5. The number of nitrogens with one attached hydrogen (secondary N) is 1. The molecule has 2 aromatic rings. The molecule has 32 heavy (non-hydrogen) atoms. The molecule has 0 saturated heterocycles. The third kappa shape index (κ3) is 3.38. The second kappa shape index (κ2) is 7.64. The van der Waals surface area contributed by atoms with Gasteiger partial charge in [0, 0.05) is 18.5 Å². The lowest BCUT2D eigenvalue weighted by Crippen LogP contribution is -2.42. The van der Waals surface area contributed by atoms with Gasteiger partial charge in [0.2, 0.25) is 0 Å². The number of hydrogen-bond donors (Lipinski definition) is 1. The van der Waals surface area contributed by atoms with Gasteiger partial charge in [-0.3, -0.25) is 0 Å². The van der Waals surface area contributed by atoms with Gasteiger partial charge < -0.3 is 14.4 Å². The van der Waals surface area contributed by atoms with Crippen molar-refractivity contribution in [2.45, 2.75) is 42.7 Å². The summed E-state index contributed by atoms with van der Waals surface area (Å²) in [7, 11) is 0.0517. The molecule has 1 aliphatic carbocycles. The molecular formula is C24H27N3O4S. The maximum Gasteiger partial charge on any atom is 0.276 e. The molecule has 2 atom stereocenters. The molecule has 2 unspecified atom stereocenters. The van der Waals surface area contributed by atoms with Crippen LogP contribution >= 0.6 is 0 Å². The van der Waals surface area contributed by atoms with Gasteiger partial charge in [0.15, 0.2) is 11.5 Å². The van der Waals surface area contributed by atoms with Crippen LogP contribution in [-0.4, -0.2) is 45.8 Å². The number of allylic oxidation sites excluding steroid dienone is 1. The van der Waals surface area contributed by atoms with Crippen LogP contribution < -0.4 is 14.3 Å². The van der Waals surface area contributed by atoms with Crippen LogP contribution in [0.4, 0.5) is 0 Å². The fourth-order valence-electron chi connectivity index (χ4n) is 4.94. The standard InChI is InChI=1S/C24H27N3O4S/c1-16-4-7-19(8-5-16)32(28,29)26-25-18-10-11-24-12-13-27(2)15-17-6-9-20(30-3)23(22(17)24)31-21(24)14-18/h4-11,21,26H,12-15H2,1-3H3. The number of ether oxygens (including phenoxy) is 2. The molecule has 5 rings (SSSR count). The summed E-state index contributed by atoms with van der Waals surface area (Å²) in [6.07, 6.45) is 5.34. The fraction of sp³-hybridized carbons (Fsp3) is 0.375. The minimum absolute atomic E-state index is 0.160. The first kappa shape index (κ1) is 21.0. The quantitative estimate of drug-likeness (QED) is 0.720. The van der Waals surface area contributed by atoms with Crippen molar-refractivity contribution in [3.8, 4) is 11.5 Å². The number of methoxy groups -OCH3 is 1. The Morgan fingerprint density at radius 3 is 2.75 bits per heavy atom. The molecular weight excluding hydrogens is 426 g/mol. The Hall–Kier alpha value is -2.84. The Morgan fingerprint density at radius 1 is 1.22 bits per heavy atom. The van der Waals surface area contributed by atoms with Crippen LogP contribution in [0.25, 0.3) is 0 Å². The molecule has 1 spiro atoms. The van der Waals surface area contributed by atoms with Gasteiger partial charge in [0.05, 0.1) is 23.1 Å². The van der Waals surface area contributed by atoms with Crippen molar-refractivity contribution in [2.75, 3.05) is 20.7 Å². The van der Waals surface area contributed by atoms with Crippen LogP contribution in [0.5, 0.6) is 11.5 Å². The Kier molecular flexibility index (Phi) is 5.02. The van der Waals surface area contributed by atoms with E-state index in [4.69, 9.17) is 9.47 Å². The molecule has 0 saturated carbocycles. The predicted molar refractivity (Wildman–Crippen MR) is 123 cm³/mol. The van der Waals surface area contributed by atoms with Crippen molar-refractivity contribution in [1.82, 2.24) is 9.73 Å². The van der Waals surface area contributed by atoms with E-state index in [0.717, 1.165) is 36.6 Å². The molecule has 7 nitrogen and oxygen atoms in total. The summed E-state index contributed by atoms with van der Waals surface area (Å²) >= 11 is 0. The number of rotatable bonds is 4. The summed E-state index contributed by atoms with van der Waals surface area (Å²) in [5.74, 6) is 1.53. The molecule has 168 valence electrons.